The standard InChI is InChI=1S/C11H18N2O2S/c1-4-9(2)13-10-7-5-6-8-11(10)16(14,15)12-3/h5-9,12-13H,4H2,1-3H3. The summed E-state index contributed by atoms with van der Waals surface area (Å²) in [5, 5.41) is 3.18. The Morgan fingerprint density at radius 3 is 2.50 bits per heavy atom. The fraction of sp³-hybridized carbons (Fsp3) is 0.455. The third-order valence-electron chi connectivity index (χ3n) is 2.46. The van der Waals surface area contributed by atoms with Crippen molar-refractivity contribution in [3.05, 3.63) is 24.3 Å². The first-order valence-corrected chi connectivity index (χ1v) is 6.78. The highest BCUT2D eigenvalue weighted by atomic mass is 32.2. The van der Waals surface area contributed by atoms with Gasteiger partial charge < -0.3 is 5.32 Å². The van der Waals surface area contributed by atoms with Crippen LogP contribution < -0.4 is 10.0 Å². The van der Waals surface area contributed by atoms with E-state index in [2.05, 4.69) is 10.0 Å². The van der Waals surface area contributed by atoms with Gasteiger partial charge in [-0.25, -0.2) is 13.1 Å². The lowest BCUT2D eigenvalue weighted by Gasteiger charge is -2.16. The molecular weight excluding hydrogens is 224 g/mol. The Kier molecular flexibility index (Phi) is 4.32. The number of benzene rings is 1. The lowest BCUT2D eigenvalue weighted by atomic mass is 10.2. The second kappa shape index (κ2) is 5.32. The number of hydrogen-bond acceptors (Lipinski definition) is 3. The van der Waals surface area contributed by atoms with Crippen LogP contribution in [0.15, 0.2) is 29.2 Å². The molecule has 0 bridgehead atoms. The Morgan fingerprint density at radius 1 is 1.31 bits per heavy atom. The van der Waals surface area contributed by atoms with Crippen molar-refractivity contribution in [2.75, 3.05) is 12.4 Å². The molecule has 0 aliphatic carbocycles. The first-order valence-electron chi connectivity index (χ1n) is 5.30. The Hall–Kier alpha value is -1.07. The summed E-state index contributed by atoms with van der Waals surface area (Å²) >= 11 is 0. The van der Waals surface area contributed by atoms with Crippen LogP contribution >= 0.6 is 0 Å². The van der Waals surface area contributed by atoms with Crippen molar-refractivity contribution in [3.63, 3.8) is 0 Å². The van der Waals surface area contributed by atoms with Crippen molar-refractivity contribution in [2.45, 2.75) is 31.2 Å². The number of anilines is 1. The van der Waals surface area contributed by atoms with E-state index in [9.17, 15) is 8.42 Å². The van der Waals surface area contributed by atoms with Crippen molar-refractivity contribution in [1.29, 1.82) is 0 Å². The summed E-state index contributed by atoms with van der Waals surface area (Å²) in [5.74, 6) is 0. The second-order valence-corrected chi connectivity index (χ2v) is 5.51. The summed E-state index contributed by atoms with van der Waals surface area (Å²) in [4.78, 5) is 0.290. The molecule has 0 saturated carbocycles. The average molecular weight is 242 g/mol. The van der Waals surface area contributed by atoms with Crippen LogP contribution in [0, 0.1) is 0 Å². The summed E-state index contributed by atoms with van der Waals surface area (Å²) in [7, 11) is -1.98. The minimum Gasteiger partial charge on any atom is -0.382 e. The lowest BCUT2D eigenvalue weighted by molar-refractivity contribution is 0.588. The largest absolute Gasteiger partial charge is 0.382 e. The molecule has 90 valence electrons. The molecule has 1 aromatic rings. The molecule has 1 aromatic carbocycles. The predicted molar refractivity (Wildman–Crippen MR) is 66.1 cm³/mol. The van der Waals surface area contributed by atoms with Crippen LogP contribution in [-0.4, -0.2) is 21.5 Å². The molecule has 2 N–H and O–H groups in total. The molecule has 0 amide bonds. The molecule has 4 nitrogen and oxygen atoms in total. The van der Waals surface area contributed by atoms with E-state index in [-0.39, 0.29) is 10.9 Å². The first-order chi connectivity index (χ1) is 7.51. The maximum Gasteiger partial charge on any atom is 0.242 e. The van der Waals surface area contributed by atoms with Gasteiger partial charge in [-0.05, 0) is 32.5 Å². The minimum absolute atomic E-state index is 0.244. The Morgan fingerprint density at radius 2 is 1.94 bits per heavy atom. The smallest absolute Gasteiger partial charge is 0.242 e. The molecule has 0 aliphatic heterocycles. The summed E-state index contributed by atoms with van der Waals surface area (Å²) < 4.78 is 25.8. The summed E-state index contributed by atoms with van der Waals surface area (Å²) in [6, 6.07) is 7.14. The highest BCUT2D eigenvalue weighted by Crippen LogP contribution is 2.21. The second-order valence-electron chi connectivity index (χ2n) is 3.66. The van der Waals surface area contributed by atoms with Crippen LogP contribution in [0.2, 0.25) is 0 Å². The number of rotatable bonds is 5. The van der Waals surface area contributed by atoms with Crippen LogP contribution in [0.5, 0.6) is 0 Å². The maximum absolute atomic E-state index is 11.7. The monoisotopic (exact) mass is 242 g/mol. The van der Waals surface area contributed by atoms with Crippen molar-refractivity contribution in [1.82, 2.24) is 4.72 Å². The topological polar surface area (TPSA) is 58.2 Å². The van der Waals surface area contributed by atoms with Crippen LogP contribution in [0.1, 0.15) is 20.3 Å². The van der Waals surface area contributed by atoms with Gasteiger partial charge >= 0.3 is 0 Å². The number of hydrogen-bond donors (Lipinski definition) is 2. The van der Waals surface area contributed by atoms with Gasteiger partial charge in [0, 0.05) is 6.04 Å². The average Bonchev–Trinajstić information content (AvgIpc) is 2.29. The molecular formula is C11H18N2O2S. The van der Waals surface area contributed by atoms with E-state index >= 15 is 0 Å². The molecule has 0 fully saturated rings. The van der Waals surface area contributed by atoms with Gasteiger partial charge in [-0.1, -0.05) is 19.1 Å². The van der Waals surface area contributed by atoms with E-state index in [1.807, 2.05) is 19.9 Å². The fourth-order valence-electron chi connectivity index (χ4n) is 1.30. The van der Waals surface area contributed by atoms with Gasteiger partial charge in [0.2, 0.25) is 10.0 Å². The molecule has 0 saturated heterocycles. The van der Waals surface area contributed by atoms with E-state index in [4.69, 9.17) is 0 Å². The van der Waals surface area contributed by atoms with Crippen molar-refractivity contribution < 1.29 is 8.42 Å². The molecule has 0 spiro atoms. The first kappa shape index (κ1) is 13.0. The molecule has 1 rings (SSSR count). The van der Waals surface area contributed by atoms with Gasteiger partial charge in [-0.2, -0.15) is 0 Å². The predicted octanol–water partition coefficient (Wildman–Crippen LogP) is 1.81. The number of para-hydroxylation sites is 1. The van der Waals surface area contributed by atoms with Crippen molar-refractivity contribution in [2.24, 2.45) is 0 Å². The molecule has 0 aliphatic rings. The molecule has 16 heavy (non-hydrogen) atoms. The minimum atomic E-state index is -3.40. The molecule has 1 atom stereocenters. The van der Waals surface area contributed by atoms with Gasteiger partial charge in [-0.3, -0.25) is 0 Å². The molecule has 0 aromatic heterocycles. The highest BCUT2D eigenvalue weighted by Gasteiger charge is 2.16. The van der Waals surface area contributed by atoms with Crippen LogP contribution in [0.25, 0.3) is 0 Å². The van der Waals surface area contributed by atoms with Gasteiger partial charge in [-0.15, -0.1) is 0 Å². The van der Waals surface area contributed by atoms with E-state index in [1.54, 1.807) is 18.2 Å². The fourth-order valence-corrected chi connectivity index (χ4v) is 2.19. The van der Waals surface area contributed by atoms with E-state index in [0.29, 0.717) is 5.69 Å². The zero-order chi connectivity index (χ0) is 12.2. The third-order valence-corrected chi connectivity index (χ3v) is 3.93. The maximum atomic E-state index is 11.7. The van der Waals surface area contributed by atoms with Crippen LogP contribution in [0.4, 0.5) is 5.69 Å². The summed E-state index contributed by atoms with van der Waals surface area (Å²) in [6.07, 6.45) is 0.938. The molecule has 0 heterocycles. The summed E-state index contributed by atoms with van der Waals surface area (Å²) in [5.41, 5.74) is 0.645. The molecule has 1 unspecified atom stereocenters. The SMILES string of the molecule is CCC(C)Nc1ccccc1S(=O)(=O)NC. The molecule has 0 radical (unpaired) electrons. The third kappa shape index (κ3) is 2.96. The zero-order valence-electron chi connectivity index (χ0n) is 9.82. The van der Waals surface area contributed by atoms with Crippen molar-refractivity contribution in [3.8, 4) is 0 Å². The highest BCUT2D eigenvalue weighted by molar-refractivity contribution is 7.89. The van der Waals surface area contributed by atoms with Crippen molar-refractivity contribution >= 4 is 15.7 Å². The van der Waals surface area contributed by atoms with Gasteiger partial charge in [0.1, 0.15) is 4.90 Å². The number of nitrogens with one attached hydrogen (secondary N) is 2. The number of sulfonamides is 1. The van der Waals surface area contributed by atoms with E-state index in [1.165, 1.54) is 7.05 Å². The van der Waals surface area contributed by atoms with Crippen LogP contribution in [-0.2, 0) is 10.0 Å². The molecule has 5 heteroatoms. The van der Waals surface area contributed by atoms with E-state index < -0.39 is 10.0 Å². The summed E-state index contributed by atoms with van der Waals surface area (Å²) in [6.45, 7) is 4.07. The lowest BCUT2D eigenvalue weighted by Crippen LogP contribution is -2.22. The Bertz CT molecular complexity index is 443. The van der Waals surface area contributed by atoms with Gasteiger partial charge in [0.15, 0.2) is 0 Å². The van der Waals surface area contributed by atoms with E-state index in [0.717, 1.165) is 6.42 Å². The van der Waals surface area contributed by atoms with Gasteiger partial charge in [0.25, 0.3) is 0 Å². The van der Waals surface area contributed by atoms with Gasteiger partial charge in [0.05, 0.1) is 5.69 Å². The zero-order valence-corrected chi connectivity index (χ0v) is 10.6. The quantitative estimate of drug-likeness (QED) is 0.828. The normalized spacial score (nSPS) is 13.4. The Balaban J connectivity index is 3.11. The Labute approximate surface area is 97.1 Å². The van der Waals surface area contributed by atoms with Crippen LogP contribution in [0.3, 0.4) is 0 Å².